The summed E-state index contributed by atoms with van der Waals surface area (Å²) in [6.45, 7) is 0. The van der Waals surface area contributed by atoms with Crippen molar-refractivity contribution in [2.45, 2.75) is 0 Å². The van der Waals surface area contributed by atoms with Gasteiger partial charge < -0.3 is 4.98 Å². The number of nitrogens with one attached hydrogen (secondary N) is 2. The molecule has 0 atom stereocenters. The lowest BCUT2D eigenvalue weighted by Gasteiger charge is -2.03. The fourth-order valence-electron chi connectivity index (χ4n) is 1.78. The van der Waals surface area contributed by atoms with Crippen molar-refractivity contribution in [2.24, 2.45) is 0 Å². The molecular weight excluding hydrogens is 357 g/mol. The molecule has 1 aromatic carbocycles. The lowest BCUT2D eigenvalue weighted by Crippen LogP contribution is -2.13. The van der Waals surface area contributed by atoms with Gasteiger partial charge in [0.1, 0.15) is 5.82 Å². The summed E-state index contributed by atoms with van der Waals surface area (Å²) in [4.78, 5) is 19.4. The van der Waals surface area contributed by atoms with Gasteiger partial charge in [-0.15, -0.1) is 11.3 Å². The fraction of sp³-hybridized carbons (Fsp3) is 0. The molecule has 0 radical (unpaired) electrons. The number of H-pyrrole nitrogens is 1. The van der Waals surface area contributed by atoms with Gasteiger partial charge in [-0.2, -0.15) is 0 Å². The highest BCUT2D eigenvalue weighted by Crippen LogP contribution is 2.24. The van der Waals surface area contributed by atoms with E-state index in [4.69, 9.17) is 0 Å². The van der Waals surface area contributed by atoms with E-state index < -0.39 is 11.7 Å². The molecule has 0 aliphatic rings. The highest BCUT2D eigenvalue weighted by molar-refractivity contribution is 9.10. The normalized spacial score (nSPS) is 10.6. The van der Waals surface area contributed by atoms with Crippen molar-refractivity contribution in [1.29, 1.82) is 0 Å². The first-order chi connectivity index (χ1) is 10.1. The number of hydrogen-bond acceptors (Lipinski definition) is 3. The summed E-state index contributed by atoms with van der Waals surface area (Å²) in [7, 11) is 0. The largest absolute Gasteiger partial charge is 0.360 e. The summed E-state index contributed by atoms with van der Waals surface area (Å²) in [5.41, 5.74) is 1.58. The van der Waals surface area contributed by atoms with Crippen molar-refractivity contribution in [3.63, 3.8) is 0 Å². The Kier molecular flexibility index (Phi) is 3.85. The lowest BCUT2D eigenvalue weighted by atomic mass is 10.2. The zero-order valence-electron chi connectivity index (χ0n) is 10.6. The van der Waals surface area contributed by atoms with Crippen LogP contribution in [0.5, 0.6) is 0 Å². The SMILES string of the molecule is O=C(Nc1nc(-c2ccc[nH]2)cs1)c1ccc(Br)cc1F. The van der Waals surface area contributed by atoms with E-state index >= 15 is 0 Å². The topological polar surface area (TPSA) is 57.8 Å². The predicted molar refractivity (Wildman–Crippen MR) is 84.0 cm³/mol. The molecule has 0 fully saturated rings. The zero-order valence-corrected chi connectivity index (χ0v) is 13.0. The van der Waals surface area contributed by atoms with Gasteiger partial charge in [0.15, 0.2) is 5.13 Å². The third-order valence-electron chi connectivity index (χ3n) is 2.77. The van der Waals surface area contributed by atoms with Gasteiger partial charge in [0.05, 0.1) is 17.0 Å². The molecule has 106 valence electrons. The van der Waals surface area contributed by atoms with Crippen LogP contribution in [0.4, 0.5) is 9.52 Å². The quantitative estimate of drug-likeness (QED) is 0.727. The van der Waals surface area contributed by atoms with Gasteiger partial charge in [0.2, 0.25) is 0 Å². The van der Waals surface area contributed by atoms with Crippen LogP contribution in [0.15, 0.2) is 46.4 Å². The van der Waals surface area contributed by atoms with E-state index in [0.29, 0.717) is 9.60 Å². The Morgan fingerprint density at radius 2 is 2.24 bits per heavy atom. The van der Waals surface area contributed by atoms with Crippen molar-refractivity contribution in [3.8, 4) is 11.4 Å². The van der Waals surface area contributed by atoms with E-state index in [9.17, 15) is 9.18 Å². The summed E-state index contributed by atoms with van der Waals surface area (Å²) in [5.74, 6) is -1.10. The maximum Gasteiger partial charge on any atom is 0.260 e. The second-order valence-corrected chi connectivity index (χ2v) is 5.97. The Hall–Kier alpha value is -1.99. The molecule has 7 heteroatoms. The molecule has 0 unspecified atom stereocenters. The summed E-state index contributed by atoms with van der Waals surface area (Å²) in [5, 5.41) is 4.84. The summed E-state index contributed by atoms with van der Waals surface area (Å²) in [6.07, 6.45) is 1.80. The van der Waals surface area contributed by atoms with Crippen molar-refractivity contribution in [2.75, 3.05) is 5.32 Å². The Morgan fingerprint density at radius 3 is 2.95 bits per heavy atom. The molecule has 2 N–H and O–H groups in total. The molecule has 21 heavy (non-hydrogen) atoms. The van der Waals surface area contributed by atoms with Crippen LogP contribution in [0.25, 0.3) is 11.4 Å². The van der Waals surface area contributed by atoms with E-state index in [0.717, 1.165) is 11.4 Å². The van der Waals surface area contributed by atoms with E-state index in [-0.39, 0.29) is 5.56 Å². The van der Waals surface area contributed by atoms with E-state index in [1.54, 1.807) is 12.3 Å². The minimum absolute atomic E-state index is 0.0187. The van der Waals surface area contributed by atoms with Gasteiger partial charge in [-0.3, -0.25) is 10.1 Å². The smallest absolute Gasteiger partial charge is 0.260 e. The van der Waals surface area contributed by atoms with Gasteiger partial charge in [-0.25, -0.2) is 9.37 Å². The van der Waals surface area contributed by atoms with E-state index in [1.807, 2.05) is 17.5 Å². The molecule has 2 heterocycles. The molecule has 0 aliphatic heterocycles. The number of thiazole rings is 1. The highest BCUT2D eigenvalue weighted by Gasteiger charge is 2.14. The van der Waals surface area contributed by atoms with Crippen LogP contribution in [0.3, 0.4) is 0 Å². The standard InChI is InChI=1S/C14H9BrFN3OS/c15-8-3-4-9(10(16)6-8)13(20)19-14-18-12(7-21-14)11-2-1-5-17-11/h1-7,17H,(H,18,19,20). The summed E-state index contributed by atoms with van der Waals surface area (Å²) in [6, 6.07) is 8.04. The highest BCUT2D eigenvalue weighted by atomic mass is 79.9. The predicted octanol–water partition coefficient (Wildman–Crippen LogP) is 4.29. The number of carbonyl (C=O) groups excluding carboxylic acids is 1. The molecule has 2 aromatic heterocycles. The first-order valence-corrected chi connectivity index (χ1v) is 7.66. The van der Waals surface area contributed by atoms with Gasteiger partial charge in [-0.05, 0) is 30.3 Å². The number of rotatable bonds is 3. The molecule has 0 saturated heterocycles. The molecule has 1 amide bonds. The maximum absolute atomic E-state index is 13.7. The Labute approximate surface area is 132 Å². The molecule has 0 aliphatic carbocycles. The van der Waals surface area contributed by atoms with Crippen LogP contribution >= 0.6 is 27.3 Å². The zero-order chi connectivity index (χ0) is 14.8. The van der Waals surface area contributed by atoms with Crippen molar-refractivity contribution in [1.82, 2.24) is 9.97 Å². The Balaban J connectivity index is 1.79. The summed E-state index contributed by atoms with van der Waals surface area (Å²) >= 11 is 4.44. The number of benzene rings is 1. The third-order valence-corrected chi connectivity index (χ3v) is 4.03. The lowest BCUT2D eigenvalue weighted by molar-refractivity contribution is 0.102. The molecule has 4 nitrogen and oxygen atoms in total. The Morgan fingerprint density at radius 1 is 1.38 bits per heavy atom. The van der Waals surface area contributed by atoms with Gasteiger partial charge in [0, 0.05) is 16.0 Å². The third kappa shape index (κ3) is 3.03. The molecule has 3 rings (SSSR count). The van der Waals surface area contributed by atoms with Gasteiger partial charge in [-0.1, -0.05) is 15.9 Å². The number of aromatic nitrogens is 2. The molecule has 3 aromatic rings. The number of carbonyl (C=O) groups is 1. The number of aromatic amines is 1. The molecular formula is C14H9BrFN3OS. The van der Waals surface area contributed by atoms with E-state index in [1.165, 1.54) is 23.5 Å². The average molecular weight is 366 g/mol. The van der Waals surface area contributed by atoms with Crippen LogP contribution in [-0.4, -0.2) is 15.9 Å². The molecule has 0 bridgehead atoms. The second kappa shape index (κ2) is 5.79. The number of halogens is 2. The molecule has 0 spiro atoms. The Bertz CT molecular complexity index is 785. The van der Waals surface area contributed by atoms with Crippen molar-refractivity contribution < 1.29 is 9.18 Å². The second-order valence-electron chi connectivity index (χ2n) is 4.20. The van der Waals surface area contributed by atoms with Crippen LogP contribution in [-0.2, 0) is 0 Å². The number of anilines is 1. The minimum Gasteiger partial charge on any atom is -0.360 e. The minimum atomic E-state index is -0.581. The van der Waals surface area contributed by atoms with Crippen LogP contribution < -0.4 is 5.32 Å². The van der Waals surface area contributed by atoms with Crippen molar-refractivity contribution in [3.05, 3.63) is 57.8 Å². The number of amides is 1. The molecule has 0 saturated carbocycles. The van der Waals surface area contributed by atoms with Crippen LogP contribution in [0.2, 0.25) is 0 Å². The number of nitrogens with zero attached hydrogens (tertiary/aromatic N) is 1. The van der Waals surface area contributed by atoms with Crippen LogP contribution in [0.1, 0.15) is 10.4 Å². The monoisotopic (exact) mass is 365 g/mol. The van der Waals surface area contributed by atoms with Crippen molar-refractivity contribution >= 4 is 38.3 Å². The number of hydrogen-bond donors (Lipinski definition) is 2. The van der Waals surface area contributed by atoms with Crippen LogP contribution in [0, 0.1) is 5.82 Å². The average Bonchev–Trinajstić information content (AvgIpc) is 3.08. The van der Waals surface area contributed by atoms with Gasteiger partial charge in [0.25, 0.3) is 5.91 Å². The van der Waals surface area contributed by atoms with Gasteiger partial charge >= 0.3 is 0 Å². The first-order valence-electron chi connectivity index (χ1n) is 5.99. The fourth-order valence-corrected chi connectivity index (χ4v) is 2.82. The summed E-state index contributed by atoms with van der Waals surface area (Å²) < 4.78 is 14.3. The maximum atomic E-state index is 13.7. The first kappa shape index (κ1) is 14.0. The van der Waals surface area contributed by atoms with E-state index in [2.05, 4.69) is 31.2 Å².